The fourth-order valence-corrected chi connectivity index (χ4v) is 13.8. The molecule has 3 atom stereocenters. The van der Waals surface area contributed by atoms with Gasteiger partial charge in [-0.1, -0.05) is 244 Å². The zero-order chi connectivity index (χ0) is 54.1. The average molecular weight is 1020 g/mol. The fourth-order valence-electron chi connectivity index (χ4n) is 13.8. The first kappa shape index (κ1) is 49.2. The summed E-state index contributed by atoms with van der Waals surface area (Å²) in [6.45, 7) is 21.4. The minimum Gasteiger partial charge on any atom is -0.311 e. The summed E-state index contributed by atoms with van der Waals surface area (Å²) in [5.41, 5.74) is 29.7. The van der Waals surface area contributed by atoms with Crippen LogP contribution in [0.3, 0.4) is 0 Å². The summed E-state index contributed by atoms with van der Waals surface area (Å²) >= 11 is 0. The fraction of sp³-hybridized carbons (Fsp3) is 0.211. The van der Waals surface area contributed by atoms with Crippen LogP contribution in [-0.4, -0.2) is 6.71 Å². The maximum absolute atomic E-state index is 2.64. The van der Waals surface area contributed by atoms with Crippen LogP contribution in [0.1, 0.15) is 79.9 Å². The van der Waals surface area contributed by atoms with Gasteiger partial charge < -0.3 is 9.80 Å². The highest BCUT2D eigenvalue weighted by Gasteiger charge is 2.47. The summed E-state index contributed by atoms with van der Waals surface area (Å²) in [4.78, 5) is 5.21. The molecule has 8 aromatic carbocycles. The second-order valence-corrected chi connectivity index (χ2v) is 26.2. The van der Waals surface area contributed by atoms with E-state index in [1.807, 2.05) is 0 Å². The van der Waals surface area contributed by atoms with Crippen LogP contribution >= 0.6 is 0 Å². The van der Waals surface area contributed by atoms with Crippen molar-refractivity contribution in [3.05, 3.63) is 264 Å². The first-order valence-electron chi connectivity index (χ1n) is 28.8. The van der Waals surface area contributed by atoms with E-state index in [1.165, 1.54) is 112 Å². The second-order valence-electron chi connectivity index (χ2n) is 26.2. The van der Waals surface area contributed by atoms with E-state index < -0.39 is 0 Å². The molecule has 2 aliphatic heterocycles. The highest BCUT2D eigenvalue weighted by Crippen LogP contribution is 2.57. The monoisotopic (exact) mass is 1020 g/mol. The quantitative estimate of drug-likeness (QED) is 0.153. The third kappa shape index (κ3) is 8.30. The van der Waals surface area contributed by atoms with Crippen LogP contribution < -0.4 is 26.2 Å². The van der Waals surface area contributed by atoms with Gasteiger partial charge in [-0.15, -0.1) is 0 Å². The molecular formula is C76H69BN2. The molecule has 2 nitrogen and oxygen atoms in total. The van der Waals surface area contributed by atoms with Crippen molar-refractivity contribution in [1.82, 2.24) is 0 Å². The van der Waals surface area contributed by atoms with Gasteiger partial charge in [-0.2, -0.15) is 0 Å². The molecule has 0 saturated carbocycles. The van der Waals surface area contributed by atoms with E-state index in [0.717, 1.165) is 17.8 Å². The summed E-state index contributed by atoms with van der Waals surface area (Å²) in [7, 11) is 0. The molecule has 14 rings (SSSR count). The zero-order valence-corrected chi connectivity index (χ0v) is 47.3. The van der Waals surface area contributed by atoms with Gasteiger partial charge in [0, 0.05) is 46.0 Å². The van der Waals surface area contributed by atoms with Crippen LogP contribution in [0.25, 0.3) is 39.0 Å². The predicted molar refractivity (Wildman–Crippen MR) is 338 cm³/mol. The van der Waals surface area contributed by atoms with E-state index in [-0.39, 0.29) is 23.0 Å². The first-order valence-corrected chi connectivity index (χ1v) is 28.8. The lowest BCUT2D eigenvalue weighted by molar-refractivity contribution is 0.329. The van der Waals surface area contributed by atoms with Gasteiger partial charge in [0.1, 0.15) is 0 Å². The van der Waals surface area contributed by atoms with Gasteiger partial charge in [-0.25, -0.2) is 0 Å². The Morgan fingerprint density at radius 2 is 0.899 bits per heavy atom. The molecule has 0 bridgehead atoms. The van der Waals surface area contributed by atoms with E-state index >= 15 is 0 Å². The number of hydrogen-bond acceptors (Lipinski definition) is 2. The summed E-state index contributed by atoms with van der Waals surface area (Å²) in [6, 6.07) is 71.0. The van der Waals surface area contributed by atoms with Crippen molar-refractivity contribution in [2.45, 2.75) is 74.1 Å². The number of allylic oxidation sites excluding steroid dienone is 12. The summed E-state index contributed by atoms with van der Waals surface area (Å²) < 4.78 is 0. The molecule has 3 heteroatoms. The van der Waals surface area contributed by atoms with Crippen LogP contribution in [-0.2, 0) is 5.41 Å². The molecule has 0 amide bonds. The Kier molecular flexibility index (Phi) is 11.3. The van der Waals surface area contributed by atoms with Crippen molar-refractivity contribution in [2.75, 3.05) is 9.80 Å². The topological polar surface area (TPSA) is 6.48 Å². The van der Waals surface area contributed by atoms with E-state index in [2.05, 4.69) is 297 Å². The largest absolute Gasteiger partial charge is 0.311 e. The maximum Gasteiger partial charge on any atom is 0.252 e. The number of nitrogens with zero attached hydrogens (tertiary/aromatic N) is 2. The number of benzene rings is 8. The van der Waals surface area contributed by atoms with E-state index in [0.29, 0.717) is 17.8 Å². The van der Waals surface area contributed by atoms with Crippen molar-refractivity contribution in [3.8, 4) is 33.4 Å². The van der Waals surface area contributed by atoms with Crippen molar-refractivity contribution in [3.63, 3.8) is 0 Å². The van der Waals surface area contributed by atoms with E-state index in [9.17, 15) is 0 Å². The molecule has 6 aliphatic rings. The number of fused-ring (bicyclic) bond motifs is 4. The van der Waals surface area contributed by atoms with Gasteiger partial charge in [0.25, 0.3) is 6.71 Å². The van der Waals surface area contributed by atoms with Gasteiger partial charge in [-0.3, -0.25) is 0 Å². The Hall–Kier alpha value is -8.14. The minimum atomic E-state index is -0.159. The normalized spacial score (nSPS) is 18.9. The van der Waals surface area contributed by atoms with Crippen LogP contribution in [0.4, 0.5) is 34.1 Å². The third-order valence-electron chi connectivity index (χ3n) is 18.1. The lowest BCUT2D eigenvalue weighted by atomic mass is 9.33. The molecular weight excluding hydrogens is 952 g/mol. The molecule has 79 heavy (non-hydrogen) atoms. The Morgan fingerprint density at radius 1 is 0.418 bits per heavy atom. The van der Waals surface area contributed by atoms with E-state index in [4.69, 9.17) is 0 Å². The van der Waals surface area contributed by atoms with Crippen LogP contribution in [0.2, 0.25) is 0 Å². The molecule has 2 heterocycles. The van der Waals surface area contributed by atoms with Crippen molar-refractivity contribution < 1.29 is 0 Å². The van der Waals surface area contributed by atoms with Crippen LogP contribution in [0.15, 0.2) is 252 Å². The van der Waals surface area contributed by atoms with Gasteiger partial charge in [0.2, 0.25) is 0 Å². The Bertz CT molecular complexity index is 3960. The predicted octanol–water partition coefficient (Wildman–Crippen LogP) is 18.5. The lowest BCUT2D eigenvalue weighted by Gasteiger charge is -2.48. The molecule has 4 aliphatic carbocycles. The SMILES string of the molecule is CC(C)(C)C1=CC2=CC(c3ccc4c(c3)N(c3ccc(-c5ccccc5)cc3)c3cc(C(C)(C)C)cc5c3B4c3ccc(-c4ccccc4)cc3N5c3ccc(-c4ccccc4)cc3)=C3C=C(C(C)(C)C)CC4C=CC(=C1)C2C34. The highest BCUT2D eigenvalue weighted by atomic mass is 15.2. The third-order valence-corrected chi connectivity index (χ3v) is 18.1. The Labute approximate surface area is 469 Å². The number of rotatable bonds is 6. The molecule has 8 aromatic rings. The van der Waals surface area contributed by atoms with E-state index in [1.54, 1.807) is 5.57 Å². The summed E-state index contributed by atoms with van der Waals surface area (Å²) in [6.07, 6.45) is 16.5. The molecule has 0 N–H and O–H groups in total. The van der Waals surface area contributed by atoms with Crippen LogP contribution in [0, 0.1) is 28.6 Å². The molecule has 0 aromatic heterocycles. The van der Waals surface area contributed by atoms with Gasteiger partial charge >= 0.3 is 0 Å². The molecule has 3 unspecified atom stereocenters. The Morgan fingerprint density at radius 3 is 1.41 bits per heavy atom. The standard InChI is InChI=1S/C76H69BN2/c1-74(2,3)58-39-55-25-26-56-40-59(75(4,5)6)45-64-63(42-57(41-58)71(55)72(56)64)54-32-38-66-68(44-54)79(62-35-29-52(30-36-62)49-21-15-11-16-22-49)70-47-60(76(7,8)9)46-69-73(70)77(66)65-37-31-53(50-23-17-12-18-24-50)43-67(65)78(69)61-33-27-51(28-34-61)48-19-13-10-14-20-48/h10-39,41-47,56,71-72H,40H2,1-9H3. The number of anilines is 6. The van der Waals surface area contributed by atoms with Crippen molar-refractivity contribution in [2.24, 2.45) is 28.6 Å². The lowest BCUT2D eigenvalue weighted by Crippen LogP contribution is -2.61. The minimum absolute atomic E-state index is 0.0272. The first-order chi connectivity index (χ1) is 38.0. The van der Waals surface area contributed by atoms with Crippen molar-refractivity contribution in [1.29, 1.82) is 0 Å². The van der Waals surface area contributed by atoms with Crippen LogP contribution in [0.5, 0.6) is 0 Å². The number of hydrogen-bond donors (Lipinski definition) is 0. The molecule has 0 spiro atoms. The summed E-state index contributed by atoms with van der Waals surface area (Å²) in [5, 5.41) is 0. The smallest absolute Gasteiger partial charge is 0.252 e. The maximum atomic E-state index is 2.64. The van der Waals surface area contributed by atoms with Gasteiger partial charge in [-0.05, 0) is 166 Å². The van der Waals surface area contributed by atoms with Crippen molar-refractivity contribution >= 4 is 62.8 Å². The molecule has 0 radical (unpaired) electrons. The second kappa shape index (κ2) is 18.2. The highest BCUT2D eigenvalue weighted by molar-refractivity contribution is 7.00. The molecule has 0 saturated heterocycles. The summed E-state index contributed by atoms with van der Waals surface area (Å²) in [5.74, 6) is 1.17. The molecule has 386 valence electrons. The average Bonchev–Trinajstić information content (AvgIpc) is 3.65. The Balaban J connectivity index is 1.04. The van der Waals surface area contributed by atoms with Gasteiger partial charge in [0.05, 0.1) is 0 Å². The zero-order valence-electron chi connectivity index (χ0n) is 47.3. The van der Waals surface area contributed by atoms with Gasteiger partial charge in [0.15, 0.2) is 0 Å². The molecule has 0 fully saturated rings.